The van der Waals surface area contributed by atoms with Crippen molar-refractivity contribution in [3.8, 4) is 0 Å². The van der Waals surface area contributed by atoms with Gasteiger partial charge < -0.3 is 0 Å². The second kappa shape index (κ2) is 5.17. The van der Waals surface area contributed by atoms with E-state index in [1.54, 1.807) is 0 Å². The summed E-state index contributed by atoms with van der Waals surface area (Å²) >= 11 is 0. The van der Waals surface area contributed by atoms with Crippen LogP contribution >= 0.6 is 0 Å². The quantitative estimate of drug-likeness (QED) is 0.537. The maximum atomic E-state index is 2.28. The zero-order valence-electron chi connectivity index (χ0n) is 8.44. The van der Waals surface area contributed by atoms with Crippen molar-refractivity contribution in [2.24, 2.45) is 5.92 Å². The fourth-order valence-corrected chi connectivity index (χ4v) is 1.05. The third-order valence-corrected chi connectivity index (χ3v) is 2.35. The molecule has 0 heteroatoms. The van der Waals surface area contributed by atoms with Crippen molar-refractivity contribution in [2.45, 2.75) is 41.0 Å². The van der Waals surface area contributed by atoms with Crippen molar-refractivity contribution < 1.29 is 0 Å². The molecular formula is C11H20. The minimum absolute atomic E-state index is 0.705. The molecule has 0 fully saturated rings. The highest BCUT2D eigenvalue weighted by atomic mass is 14.1. The van der Waals surface area contributed by atoms with E-state index in [-0.39, 0.29) is 0 Å². The van der Waals surface area contributed by atoms with Crippen LogP contribution in [0.15, 0.2) is 23.3 Å². The first-order chi connectivity index (χ1) is 5.11. The molecule has 0 radical (unpaired) electrons. The van der Waals surface area contributed by atoms with Gasteiger partial charge in [0.15, 0.2) is 0 Å². The first-order valence-electron chi connectivity index (χ1n) is 4.36. The third kappa shape index (κ3) is 4.02. The van der Waals surface area contributed by atoms with Gasteiger partial charge in [0.1, 0.15) is 0 Å². The minimum atomic E-state index is 0.705. The molecule has 0 amide bonds. The van der Waals surface area contributed by atoms with Gasteiger partial charge in [0.25, 0.3) is 0 Å². The van der Waals surface area contributed by atoms with Gasteiger partial charge >= 0.3 is 0 Å². The SMILES string of the molecule is CC=C(C)CC(C)C(C)=CC. The molecular weight excluding hydrogens is 132 g/mol. The lowest BCUT2D eigenvalue weighted by molar-refractivity contribution is 0.670. The zero-order valence-corrected chi connectivity index (χ0v) is 8.44. The Bertz CT molecular complexity index is 161. The highest BCUT2D eigenvalue weighted by Gasteiger charge is 2.02. The van der Waals surface area contributed by atoms with Gasteiger partial charge in [-0.15, -0.1) is 0 Å². The van der Waals surface area contributed by atoms with Crippen LogP contribution in [0.2, 0.25) is 0 Å². The monoisotopic (exact) mass is 152 g/mol. The van der Waals surface area contributed by atoms with Gasteiger partial charge in [0.05, 0.1) is 0 Å². The van der Waals surface area contributed by atoms with Crippen LogP contribution < -0.4 is 0 Å². The molecule has 0 nitrogen and oxygen atoms in total. The summed E-state index contributed by atoms with van der Waals surface area (Å²) in [6.45, 7) is 10.9. The van der Waals surface area contributed by atoms with E-state index in [2.05, 4.69) is 46.8 Å². The highest BCUT2D eigenvalue weighted by Crippen LogP contribution is 2.18. The van der Waals surface area contributed by atoms with E-state index < -0.39 is 0 Å². The summed E-state index contributed by atoms with van der Waals surface area (Å²) in [7, 11) is 0. The Morgan fingerprint density at radius 1 is 1.18 bits per heavy atom. The van der Waals surface area contributed by atoms with Crippen LogP contribution in [-0.4, -0.2) is 0 Å². The lowest BCUT2D eigenvalue weighted by Gasteiger charge is -2.11. The van der Waals surface area contributed by atoms with Crippen LogP contribution in [-0.2, 0) is 0 Å². The summed E-state index contributed by atoms with van der Waals surface area (Å²) in [5.74, 6) is 0.705. The second-order valence-electron chi connectivity index (χ2n) is 3.27. The van der Waals surface area contributed by atoms with Gasteiger partial charge in [0.2, 0.25) is 0 Å². The maximum absolute atomic E-state index is 2.28. The minimum Gasteiger partial charge on any atom is -0.0887 e. The Balaban J connectivity index is 3.97. The van der Waals surface area contributed by atoms with Crippen molar-refractivity contribution in [3.63, 3.8) is 0 Å². The van der Waals surface area contributed by atoms with Crippen LogP contribution in [0.4, 0.5) is 0 Å². The van der Waals surface area contributed by atoms with Gasteiger partial charge in [-0.25, -0.2) is 0 Å². The molecule has 0 spiro atoms. The van der Waals surface area contributed by atoms with E-state index in [0.29, 0.717) is 5.92 Å². The molecule has 0 rings (SSSR count). The van der Waals surface area contributed by atoms with Crippen LogP contribution in [0, 0.1) is 5.92 Å². The lowest BCUT2D eigenvalue weighted by atomic mass is 9.95. The van der Waals surface area contributed by atoms with Crippen LogP contribution in [0.1, 0.15) is 41.0 Å². The van der Waals surface area contributed by atoms with E-state index in [0.717, 1.165) is 0 Å². The first-order valence-corrected chi connectivity index (χ1v) is 4.36. The summed E-state index contributed by atoms with van der Waals surface area (Å²) in [6, 6.07) is 0. The smallest absolute Gasteiger partial charge is 0.0197 e. The Hall–Kier alpha value is -0.520. The molecule has 0 aromatic rings. The van der Waals surface area contributed by atoms with E-state index in [1.807, 2.05) is 0 Å². The number of allylic oxidation sites excluding steroid dienone is 4. The third-order valence-electron chi connectivity index (χ3n) is 2.35. The fraction of sp³-hybridized carbons (Fsp3) is 0.636. The van der Waals surface area contributed by atoms with Crippen molar-refractivity contribution in [3.05, 3.63) is 23.3 Å². The van der Waals surface area contributed by atoms with E-state index >= 15 is 0 Å². The number of hydrogen-bond acceptors (Lipinski definition) is 0. The number of rotatable bonds is 3. The normalized spacial score (nSPS) is 16.8. The number of hydrogen-bond donors (Lipinski definition) is 0. The van der Waals surface area contributed by atoms with Crippen molar-refractivity contribution in [1.29, 1.82) is 0 Å². The molecule has 0 N–H and O–H groups in total. The van der Waals surface area contributed by atoms with Crippen LogP contribution in [0.3, 0.4) is 0 Å². The summed E-state index contributed by atoms with van der Waals surface area (Å²) in [5, 5.41) is 0. The molecule has 0 bridgehead atoms. The molecule has 0 aliphatic carbocycles. The summed E-state index contributed by atoms with van der Waals surface area (Å²) < 4.78 is 0. The molecule has 0 aromatic heterocycles. The molecule has 1 atom stereocenters. The molecule has 11 heavy (non-hydrogen) atoms. The highest BCUT2D eigenvalue weighted by molar-refractivity contribution is 5.07. The fourth-order valence-electron chi connectivity index (χ4n) is 1.05. The van der Waals surface area contributed by atoms with E-state index in [4.69, 9.17) is 0 Å². The van der Waals surface area contributed by atoms with Crippen LogP contribution in [0.5, 0.6) is 0 Å². The predicted octanol–water partition coefficient (Wildman–Crippen LogP) is 3.95. The molecule has 64 valence electrons. The molecule has 0 heterocycles. The Morgan fingerprint density at radius 2 is 1.73 bits per heavy atom. The van der Waals surface area contributed by atoms with E-state index in [1.165, 1.54) is 17.6 Å². The predicted molar refractivity (Wildman–Crippen MR) is 52.6 cm³/mol. The molecule has 0 aliphatic rings. The van der Waals surface area contributed by atoms with Crippen molar-refractivity contribution >= 4 is 0 Å². The zero-order chi connectivity index (χ0) is 8.85. The molecule has 0 saturated carbocycles. The second-order valence-corrected chi connectivity index (χ2v) is 3.27. The Kier molecular flexibility index (Phi) is 4.93. The summed E-state index contributed by atoms with van der Waals surface area (Å²) in [4.78, 5) is 0. The van der Waals surface area contributed by atoms with Gasteiger partial charge in [0, 0.05) is 0 Å². The molecule has 1 unspecified atom stereocenters. The topological polar surface area (TPSA) is 0 Å². The van der Waals surface area contributed by atoms with Gasteiger partial charge in [-0.1, -0.05) is 30.2 Å². The largest absolute Gasteiger partial charge is 0.0887 e. The van der Waals surface area contributed by atoms with Gasteiger partial charge in [-0.05, 0) is 40.0 Å². The maximum Gasteiger partial charge on any atom is -0.0197 e. The van der Waals surface area contributed by atoms with Crippen molar-refractivity contribution in [1.82, 2.24) is 0 Å². The molecule has 0 saturated heterocycles. The average molecular weight is 152 g/mol. The average Bonchev–Trinajstić information content (AvgIpc) is 2.02. The first kappa shape index (κ1) is 10.5. The molecule has 0 aromatic carbocycles. The summed E-state index contributed by atoms with van der Waals surface area (Å²) in [5.41, 5.74) is 2.98. The van der Waals surface area contributed by atoms with Crippen molar-refractivity contribution in [2.75, 3.05) is 0 Å². The summed E-state index contributed by atoms with van der Waals surface area (Å²) in [6.07, 6.45) is 5.60. The standard InChI is InChI=1S/C11H20/c1-6-9(3)8-11(5)10(4)7-2/h6-7,11H,8H2,1-5H3. The van der Waals surface area contributed by atoms with Crippen LogP contribution in [0.25, 0.3) is 0 Å². The Morgan fingerprint density at radius 3 is 2.09 bits per heavy atom. The van der Waals surface area contributed by atoms with Gasteiger partial charge in [-0.3, -0.25) is 0 Å². The van der Waals surface area contributed by atoms with E-state index in [9.17, 15) is 0 Å². The molecule has 0 aliphatic heterocycles. The lowest BCUT2D eigenvalue weighted by Crippen LogP contribution is -1.96. The van der Waals surface area contributed by atoms with Gasteiger partial charge in [-0.2, -0.15) is 0 Å². The Labute approximate surface area is 71.0 Å².